The predicted molar refractivity (Wildman–Crippen MR) is 288 cm³/mol. The van der Waals surface area contributed by atoms with Crippen LogP contribution in [0, 0.1) is 0 Å². The van der Waals surface area contributed by atoms with Crippen molar-refractivity contribution in [3.8, 4) is 33.4 Å². The average molecular weight is 859 g/mol. The molecule has 9 aromatic rings. The molecule has 0 atom stereocenters. The zero-order chi connectivity index (χ0) is 46.0. The lowest BCUT2D eigenvalue weighted by Gasteiger charge is -2.20. The van der Waals surface area contributed by atoms with Gasteiger partial charge in [-0.05, 0) is 174 Å². The highest BCUT2D eigenvalue weighted by Crippen LogP contribution is 2.42. The van der Waals surface area contributed by atoms with Crippen molar-refractivity contribution in [2.24, 2.45) is 11.5 Å². The molecule has 0 bridgehead atoms. The predicted octanol–water partition coefficient (Wildman–Crippen LogP) is 16.2. The van der Waals surface area contributed by atoms with Gasteiger partial charge in [0.15, 0.2) is 0 Å². The minimum absolute atomic E-state index is 1.01. The number of aromatic nitrogens is 2. The van der Waals surface area contributed by atoms with Crippen LogP contribution in [0.1, 0.15) is 49.9 Å². The minimum atomic E-state index is 1.01. The molecule has 4 nitrogen and oxygen atoms in total. The van der Waals surface area contributed by atoms with Crippen LogP contribution in [0.4, 0.5) is 0 Å². The Labute approximate surface area is 389 Å². The Morgan fingerprint density at radius 3 is 1.61 bits per heavy atom. The molecule has 326 valence electrons. The molecule has 2 heterocycles. The van der Waals surface area contributed by atoms with Crippen molar-refractivity contribution in [1.82, 2.24) is 9.97 Å². The van der Waals surface area contributed by atoms with Crippen LogP contribution >= 0.6 is 0 Å². The summed E-state index contributed by atoms with van der Waals surface area (Å²) in [7, 11) is 0. The Bertz CT molecular complexity index is 3350. The van der Waals surface area contributed by atoms with E-state index in [1.54, 1.807) is 6.08 Å². The largest absolute Gasteiger partial charge is 0.405 e. The third kappa shape index (κ3) is 9.84. The smallest absolute Gasteiger partial charge is 0.0471 e. The maximum absolute atomic E-state index is 5.08. The number of benzene rings is 7. The van der Waals surface area contributed by atoms with Crippen molar-refractivity contribution >= 4 is 55.3 Å². The van der Waals surface area contributed by atoms with E-state index in [1.807, 2.05) is 32.9 Å². The molecule has 0 fully saturated rings. The van der Waals surface area contributed by atoms with Gasteiger partial charge in [0.2, 0.25) is 0 Å². The molecule has 6 N–H and O–H groups in total. The van der Waals surface area contributed by atoms with E-state index in [-0.39, 0.29) is 0 Å². The SMILES string of the molecule is C/C=C(C)\C=C/N.C=C/C(C)=C\N.C\C=C/C(=C\C=C\c1ccc2[nH]c3cc4c(cc3c2c1)CCc1cc2c(cc1-4)[nH]c1ccc(-c3ccc(-c4ccccc4)cc3)cc12)c1ccccc1. The summed E-state index contributed by atoms with van der Waals surface area (Å²) in [6.07, 6.45) is 21.5. The summed E-state index contributed by atoms with van der Waals surface area (Å²) >= 11 is 0. The minimum Gasteiger partial charge on any atom is -0.405 e. The van der Waals surface area contributed by atoms with Gasteiger partial charge in [0.25, 0.3) is 0 Å². The van der Waals surface area contributed by atoms with Gasteiger partial charge in [0.05, 0.1) is 0 Å². The number of hydrogen-bond acceptors (Lipinski definition) is 2. The fourth-order valence-corrected chi connectivity index (χ4v) is 8.59. The third-order valence-corrected chi connectivity index (χ3v) is 12.4. The van der Waals surface area contributed by atoms with Gasteiger partial charge in [-0.1, -0.05) is 152 Å². The highest BCUT2D eigenvalue weighted by Gasteiger charge is 2.21. The second kappa shape index (κ2) is 20.6. The molecule has 0 amide bonds. The summed E-state index contributed by atoms with van der Waals surface area (Å²) in [4.78, 5) is 7.49. The number of aryl methyl sites for hydroxylation is 2. The van der Waals surface area contributed by atoms with Gasteiger partial charge < -0.3 is 21.4 Å². The van der Waals surface area contributed by atoms with Crippen molar-refractivity contribution in [2.45, 2.75) is 40.5 Å². The fraction of sp³-hybridized carbons (Fsp3) is 0.0968. The monoisotopic (exact) mass is 858 g/mol. The zero-order valence-corrected chi connectivity index (χ0v) is 38.4. The molecule has 0 aliphatic heterocycles. The van der Waals surface area contributed by atoms with Crippen LogP contribution in [0.15, 0.2) is 218 Å². The quantitative estimate of drug-likeness (QED) is 0.115. The van der Waals surface area contributed by atoms with Crippen LogP contribution in [0.3, 0.4) is 0 Å². The molecule has 10 rings (SSSR count). The summed E-state index contributed by atoms with van der Waals surface area (Å²) in [5, 5.41) is 5.15. The second-order valence-electron chi connectivity index (χ2n) is 16.7. The normalized spacial score (nSPS) is 13.0. The Kier molecular flexibility index (Phi) is 13.9. The van der Waals surface area contributed by atoms with Gasteiger partial charge in [-0.15, -0.1) is 0 Å². The Morgan fingerprint density at radius 2 is 1.08 bits per heavy atom. The van der Waals surface area contributed by atoms with E-state index in [1.165, 1.54) is 123 Å². The van der Waals surface area contributed by atoms with Crippen LogP contribution < -0.4 is 11.5 Å². The molecule has 0 saturated heterocycles. The van der Waals surface area contributed by atoms with Crippen LogP contribution in [-0.2, 0) is 12.8 Å². The van der Waals surface area contributed by atoms with Crippen molar-refractivity contribution in [3.63, 3.8) is 0 Å². The first-order chi connectivity index (χ1) is 32.3. The first-order valence-electron chi connectivity index (χ1n) is 22.7. The molecule has 4 heteroatoms. The standard InChI is InChI=1S/C51H38N2.C6H11N.C5H9N/c1-2-10-34(35-12-5-3-6-13-35)16-9-11-33-17-25-48-44(27-33)46-29-40-22-23-41-30-47-45-28-39(38-20-18-37(19-21-38)36-14-7-4-8-15-36)24-26-49(45)53-51(47)32-43(41)42(40)31-50(46)52-48;1-3-6(2)4-5-7;1-3-5(2)4-6/h2-21,24-32,52-53H,22-23H2,1H3;3-5H,7H2,1-2H3;3-4H,1,6H2,2H3/b10-2-,11-9+,34-16+;5-4-,6-3-;5-4-. The van der Waals surface area contributed by atoms with E-state index in [4.69, 9.17) is 11.5 Å². The molecule has 1 aliphatic carbocycles. The lowest BCUT2D eigenvalue weighted by atomic mass is 9.84. The highest BCUT2D eigenvalue weighted by molar-refractivity contribution is 6.12. The average Bonchev–Trinajstić information content (AvgIpc) is 3.91. The molecular weight excluding hydrogens is 801 g/mol. The van der Waals surface area contributed by atoms with E-state index in [0.717, 1.165) is 18.4 Å². The van der Waals surface area contributed by atoms with Crippen molar-refractivity contribution in [3.05, 3.63) is 241 Å². The highest BCUT2D eigenvalue weighted by atomic mass is 14.7. The number of allylic oxidation sites excluding steroid dienone is 10. The van der Waals surface area contributed by atoms with E-state index in [2.05, 4.69) is 199 Å². The summed E-state index contributed by atoms with van der Waals surface area (Å²) in [6, 6.07) is 53.3. The molecule has 66 heavy (non-hydrogen) atoms. The second-order valence-corrected chi connectivity index (χ2v) is 16.7. The van der Waals surface area contributed by atoms with Gasteiger partial charge in [-0.2, -0.15) is 0 Å². The van der Waals surface area contributed by atoms with Crippen molar-refractivity contribution in [1.29, 1.82) is 0 Å². The Balaban J connectivity index is 0.000000402. The van der Waals surface area contributed by atoms with Crippen molar-refractivity contribution < 1.29 is 0 Å². The number of nitrogens with two attached hydrogens (primary N) is 2. The van der Waals surface area contributed by atoms with Gasteiger partial charge in [0.1, 0.15) is 0 Å². The number of H-pyrrole nitrogens is 2. The van der Waals surface area contributed by atoms with E-state index < -0.39 is 0 Å². The Hall–Kier alpha value is -8.08. The third-order valence-electron chi connectivity index (χ3n) is 12.4. The molecule has 0 saturated carbocycles. The molecule has 0 radical (unpaired) electrons. The van der Waals surface area contributed by atoms with Gasteiger partial charge in [0, 0.05) is 43.6 Å². The molecular formula is C62H58N4. The van der Waals surface area contributed by atoms with Gasteiger partial charge in [-0.25, -0.2) is 0 Å². The molecule has 1 aliphatic rings. The fourth-order valence-electron chi connectivity index (χ4n) is 8.59. The molecule has 2 aromatic heterocycles. The summed E-state index contributed by atoms with van der Waals surface area (Å²) < 4.78 is 0. The number of hydrogen-bond donors (Lipinski definition) is 4. The topological polar surface area (TPSA) is 83.6 Å². The molecule has 0 spiro atoms. The van der Waals surface area contributed by atoms with Gasteiger partial charge >= 0.3 is 0 Å². The van der Waals surface area contributed by atoms with Crippen LogP contribution in [0.5, 0.6) is 0 Å². The first kappa shape index (κ1) is 44.5. The zero-order valence-electron chi connectivity index (χ0n) is 38.4. The molecule has 7 aromatic carbocycles. The number of aromatic amines is 2. The van der Waals surface area contributed by atoms with E-state index in [0.29, 0.717) is 0 Å². The van der Waals surface area contributed by atoms with Crippen LogP contribution in [0.2, 0.25) is 0 Å². The maximum atomic E-state index is 5.08. The summed E-state index contributed by atoms with van der Waals surface area (Å²) in [5.74, 6) is 0. The maximum Gasteiger partial charge on any atom is 0.0471 e. The van der Waals surface area contributed by atoms with E-state index in [9.17, 15) is 0 Å². The van der Waals surface area contributed by atoms with Gasteiger partial charge in [-0.3, -0.25) is 0 Å². The number of nitrogens with one attached hydrogen (secondary N) is 2. The van der Waals surface area contributed by atoms with Crippen LogP contribution in [0.25, 0.3) is 88.6 Å². The summed E-state index contributed by atoms with van der Waals surface area (Å²) in [6.45, 7) is 11.4. The first-order valence-corrected chi connectivity index (χ1v) is 22.7. The van der Waals surface area contributed by atoms with Crippen molar-refractivity contribution in [2.75, 3.05) is 0 Å². The summed E-state index contributed by atoms with van der Waals surface area (Å²) in [5.41, 5.74) is 31.2. The molecule has 0 unspecified atom stereocenters. The van der Waals surface area contributed by atoms with Crippen LogP contribution in [-0.4, -0.2) is 9.97 Å². The lowest BCUT2D eigenvalue weighted by Crippen LogP contribution is -2.04. The van der Waals surface area contributed by atoms with E-state index >= 15 is 0 Å². The number of fused-ring (bicyclic) bond motifs is 9. The number of rotatable bonds is 8. The lowest BCUT2D eigenvalue weighted by molar-refractivity contribution is 0.946. The Morgan fingerprint density at radius 1 is 0.545 bits per heavy atom.